The van der Waals surface area contributed by atoms with Crippen LogP contribution in [-0.2, 0) is 16.9 Å². The van der Waals surface area contributed by atoms with Gasteiger partial charge >= 0.3 is 0 Å². The van der Waals surface area contributed by atoms with Crippen LogP contribution in [0.3, 0.4) is 0 Å². The van der Waals surface area contributed by atoms with Crippen LogP contribution in [0.25, 0.3) is 0 Å². The number of hydrogen-bond acceptors (Lipinski definition) is 5. The molecule has 2 heterocycles. The minimum Gasteiger partial charge on any atom is -0.368 e. The maximum Gasteiger partial charge on any atom is 0.244 e. The minimum absolute atomic E-state index is 0.413. The summed E-state index contributed by atoms with van der Waals surface area (Å²) in [6, 6.07) is 3.99. The third-order valence-corrected chi connectivity index (χ3v) is 4.42. The predicted molar refractivity (Wildman–Crippen MR) is 69.8 cm³/mol. The van der Waals surface area contributed by atoms with E-state index in [0.717, 1.165) is 4.88 Å². The van der Waals surface area contributed by atoms with E-state index in [1.807, 2.05) is 22.9 Å². The van der Waals surface area contributed by atoms with E-state index in [2.05, 4.69) is 10.3 Å². The summed E-state index contributed by atoms with van der Waals surface area (Å²) in [6.07, 6.45) is 1.67. The summed E-state index contributed by atoms with van der Waals surface area (Å²) in [5.41, 5.74) is 4.57. The largest absolute Gasteiger partial charge is 0.368 e. The Hall–Kier alpha value is -1.24. The summed E-state index contributed by atoms with van der Waals surface area (Å²) in [5.74, 6) is -0.413. The highest BCUT2D eigenvalue weighted by Gasteiger charge is 2.35. The number of primary amides is 1. The number of nitrogens with zero attached hydrogens (tertiary/aromatic N) is 1. The van der Waals surface area contributed by atoms with Gasteiger partial charge in [-0.2, -0.15) is 0 Å². The Morgan fingerprint density at radius 2 is 2.35 bits per heavy atom. The van der Waals surface area contributed by atoms with Crippen molar-refractivity contribution in [2.45, 2.75) is 19.0 Å². The first-order chi connectivity index (χ1) is 8.13. The number of thiophene rings is 1. The second kappa shape index (κ2) is 4.95. The molecule has 17 heavy (non-hydrogen) atoms. The first-order valence-corrected chi connectivity index (χ1v) is 6.86. The lowest BCUT2D eigenvalue weighted by Gasteiger charge is -2.24. The van der Waals surface area contributed by atoms with E-state index in [0.29, 0.717) is 11.6 Å². The van der Waals surface area contributed by atoms with E-state index < -0.39 is 11.4 Å². The van der Waals surface area contributed by atoms with Gasteiger partial charge in [-0.1, -0.05) is 6.07 Å². The molecule has 2 aromatic rings. The average molecular weight is 267 g/mol. The molecular formula is C11H13N3OS2. The van der Waals surface area contributed by atoms with E-state index in [4.69, 9.17) is 5.73 Å². The highest BCUT2D eigenvalue weighted by molar-refractivity contribution is 7.10. The standard InChI is InChI=1S/C11H13N3OS2/c1-11(9(12)15,10-13-4-6-17-10)14-7-8-3-2-5-16-8/h2-6,14H,7H2,1H3,(H2,12,15). The van der Waals surface area contributed by atoms with Gasteiger partial charge in [0.25, 0.3) is 0 Å². The highest BCUT2D eigenvalue weighted by Crippen LogP contribution is 2.23. The van der Waals surface area contributed by atoms with Crippen molar-refractivity contribution < 1.29 is 4.79 Å². The number of carbonyl (C=O) groups is 1. The van der Waals surface area contributed by atoms with Crippen molar-refractivity contribution in [2.24, 2.45) is 5.73 Å². The first kappa shape index (κ1) is 12.2. The molecule has 90 valence electrons. The Kier molecular flexibility index (Phi) is 3.56. The fourth-order valence-electron chi connectivity index (χ4n) is 1.42. The fourth-order valence-corrected chi connectivity index (χ4v) is 2.84. The van der Waals surface area contributed by atoms with Gasteiger partial charge in [0, 0.05) is 23.0 Å². The summed E-state index contributed by atoms with van der Waals surface area (Å²) in [6.45, 7) is 2.37. The number of amides is 1. The number of nitrogens with one attached hydrogen (secondary N) is 1. The lowest BCUT2D eigenvalue weighted by Crippen LogP contribution is -2.49. The van der Waals surface area contributed by atoms with Crippen LogP contribution in [0.5, 0.6) is 0 Å². The van der Waals surface area contributed by atoms with Crippen LogP contribution >= 0.6 is 22.7 Å². The molecule has 0 aliphatic heterocycles. The van der Waals surface area contributed by atoms with Crippen molar-refractivity contribution in [1.29, 1.82) is 0 Å². The molecule has 0 aliphatic carbocycles. The Labute approximate surface area is 107 Å². The zero-order valence-corrected chi connectivity index (χ0v) is 11.0. The van der Waals surface area contributed by atoms with Crippen LogP contribution in [0.4, 0.5) is 0 Å². The molecule has 0 bridgehead atoms. The van der Waals surface area contributed by atoms with Gasteiger partial charge < -0.3 is 5.73 Å². The van der Waals surface area contributed by atoms with Crippen LogP contribution in [0.2, 0.25) is 0 Å². The van der Waals surface area contributed by atoms with Crippen molar-refractivity contribution in [3.05, 3.63) is 39.0 Å². The molecule has 2 aromatic heterocycles. The van der Waals surface area contributed by atoms with Gasteiger partial charge in [-0.05, 0) is 18.4 Å². The fraction of sp³-hybridized carbons (Fsp3) is 0.273. The number of nitrogens with two attached hydrogens (primary N) is 1. The molecule has 1 atom stereocenters. The summed E-state index contributed by atoms with van der Waals surface area (Å²) < 4.78 is 0. The second-order valence-electron chi connectivity index (χ2n) is 3.76. The van der Waals surface area contributed by atoms with Gasteiger partial charge in [0.1, 0.15) is 10.5 Å². The van der Waals surface area contributed by atoms with Crippen molar-refractivity contribution in [2.75, 3.05) is 0 Å². The molecular weight excluding hydrogens is 254 g/mol. The SMILES string of the molecule is CC(NCc1cccs1)(C(N)=O)c1nccs1. The second-order valence-corrected chi connectivity index (χ2v) is 5.69. The average Bonchev–Trinajstić information content (AvgIpc) is 2.98. The smallest absolute Gasteiger partial charge is 0.244 e. The number of aromatic nitrogens is 1. The van der Waals surface area contributed by atoms with Crippen LogP contribution in [0.15, 0.2) is 29.1 Å². The Balaban J connectivity index is 2.15. The molecule has 0 fully saturated rings. The van der Waals surface area contributed by atoms with E-state index >= 15 is 0 Å². The molecule has 2 rings (SSSR count). The van der Waals surface area contributed by atoms with Crippen LogP contribution in [0, 0.1) is 0 Å². The van der Waals surface area contributed by atoms with Crippen LogP contribution in [-0.4, -0.2) is 10.9 Å². The monoisotopic (exact) mass is 267 g/mol. The van der Waals surface area contributed by atoms with Gasteiger partial charge in [0.2, 0.25) is 5.91 Å². The lowest BCUT2D eigenvalue weighted by molar-refractivity contribution is -0.124. The zero-order valence-electron chi connectivity index (χ0n) is 9.34. The molecule has 0 saturated carbocycles. The number of thiazole rings is 1. The molecule has 1 amide bonds. The van der Waals surface area contributed by atoms with Crippen molar-refractivity contribution >= 4 is 28.6 Å². The van der Waals surface area contributed by atoms with Crippen molar-refractivity contribution in [3.63, 3.8) is 0 Å². The maximum absolute atomic E-state index is 11.6. The van der Waals surface area contributed by atoms with E-state index in [9.17, 15) is 4.79 Å². The third kappa shape index (κ3) is 2.54. The van der Waals surface area contributed by atoms with Crippen LogP contribution in [0.1, 0.15) is 16.8 Å². The number of hydrogen-bond donors (Lipinski definition) is 2. The quantitative estimate of drug-likeness (QED) is 0.866. The van der Waals surface area contributed by atoms with Gasteiger partial charge in [0.15, 0.2) is 0 Å². The Morgan fingerprint density at radius 3 is 2.88 bits per heavy atom. The molecule has 1 unspecified atom stereocenters. The normalized spacial score (nSPS) is 14.4. The molecule has 0 saturated heterocycles. The maximum atomic E-state index is 11.6. The zero-order chi connectivity index (χ0) is 12.3. The Morgan fingerprint density at radius 1 is 1.53 bits per heavy atom. The van der Waals surface area contributed by atoms with Gasteiger partial charge in [-0.25, -0.2) is 4.98 Å². The van der Waals surface area contributed by atoms with Crippen molar-refractivity contribution in [1.82, 2.24) is 10.3 Å². The topological polar surface area (TPSA) is 68.0 Å². The van der Waals surface area contributed by atoms with Crippen LogP contribution < -0.4 is 11.1 Å². The molecule has 0 aliphatic rings. The highest BCUT2D eigenvalue weighted by atomic mass is 32.1. The summed E-state index contributed by atoms with van der Waals surface area (Å²) >= 11 is 3.07. The first-order valence-electron chi connectivity index (χ1n) is 5.10. The molecule has 0 radical (unpaired) electrons. The molecule has 3 N–H and O–H groups in total. The number of carbonyl (C=O) groups excluding carboxylic acids is 1. The Bertz CT molecular complexity index is 481. The number of rotatable bonds is 5. The van der Waals surface area contributed by atoms with Gasteiger partial charge in [-0.3, -0.25) is 10.1 Å². The molecule has 4 nitrogen and oxygen atoms in total. The van der Waals surface area contributed by atoms with Crippen molar-refractivity contribution in [3.8, 4) is 0 Å². The lowest BCUT2D eigenvalue weighted by atomic mass is 10.0. The summed E-state index contributed by atoms with van der Waals surface area (Å²) in [5, 5.41) is 7.72. The van der Waals surface area contributed by atoms with E-state index in [1.54, 1.807) is 24.5 Å². The van der Waals surface area contributed by atoms with Gasteiger partial charge in [0.05, 0.1) is 0 Å². The van der Waals surface area contributed by atoms with Gasteiger partial charge in [-0.15, -0.1) is 22.7 Å². The summed E-state index contributed by atoms with van der Waals surface area (Å²) in [4.78, 5) is 16.9. The molecule has 6 heteroatoms. The van der Waals surface area contributed by atoms with E-state index in [1.165, 1.54) is 11.3 Å². The molecule has 0 aromatic carbocycles. The molecule has 0 spiro atoms. The summed E-state index contributed by atoms with van der Waals surface area (Å²) in [7, 11) is 0. The minimum atomic E-state index is -0.905. The third-order valence-electron chi connectivity index (χ3n) is 2.55. The van der Waals surface area contributed by atoms with E-state index in [-0.39, 0.29) is 0 Å². The predicted octanol–water partition coefficient (Wildman–Crippen LogP) is 1.69.